The van der Waals surface area contributed by atoms with Crippen molar-refractivity contribution in [2.45, 2.75) is 11.4 Å². The minimum atomic E-state index is -1.20. The third-order valence-electron chi connectivity index (χ3n) is 6.43. The Balaban J connectivity index is 1.14. The number of nitrogen functional groups attached to an aromatic ring is 1. The van der Waals surface area contributed by atoms with Gasteiger partial charge in [-0.05, 0) is 30.3 Å². The number of fused-ring (bicyclic) bond motifs is 3. The van der Waals surface area contributed by atoms with Crippen molar-refractivity contribution in [3.63, 3.8) is 0 Å². The van der Waals surface area contributed by atoms with Gasteiger partial charge in [0.1, 0.15) is 5.82 Å². The number of hydrogen-bond acceptors (Lipinski definition) is 9. The molecule has 1 atom stereocenters. The molecule has 0 aliphatic carbocycles. The molecule has 0 saturated carbocycles. The molecule has 0 bridgehead atoms. The molecule has 36 heavy (non-hydrogen) atoms. The van der Waals surface area contributed by atoms with Crippen LogP contribution in [0.15, 0.2) is 52.1 Å². The fraction of sp³-hybridized carbons (Fsp3) is 0.304. The van der Waals surface area contributed by atoms with E-state index in [9.17, 15) is 8.60 Å². The van der Waals surface area contributed by atoms with Crippen LogP contribution >= 0.6 is 0 Å². The lowest BCUT2D eigenvalue weighted by Gasteiger charge is -2.36. The monoisotopic (exact) mass is 509 g/mol. The Morgan fingerprint density at radius 3 is 2.67 bits per heavy atom. The highest BCUT2D eigenvalue weighted by Crippen LogP contribution is 2.25. The van der Waals surface area contributed by atoms with Crippen LogP contribution in [0, 0.1) is 5.82 Å². The number of halogens is 1. The minimum Gasteiger partial charge on any atom is -0.461 e. The van der Waals surface area contributed by atoms with Crippen LogP contribution < -0.4 is 10.6 Å². The molecular formula is C23H24FN9O2S. The summed E-state index contributed by atoms with van der Waals surface area (Å²) in [6.07, 6.45) is 4.84. The standard InChI is InChI=1S/C23H24FN9O2S/c1-36(34)15-4-5-18(17(24)13-15)31-9-6-30(7-10-31)8-11-32-21-16(14-26-32)22-27-20(19-3-2-12-35-19)29-33(22)23(25)28-21/h2-5,12-14H,6-11H2,1H3,(H2,25,28)/t36-/m1/s1. The molecule has 2 N–H and O–H groups in total. The lowest BCUT2D eigenvalue weighted by molar-refractivity contribution is 0.245. The van der Waals surface area contributed by atoms with E-state index in [-0.39, 0.29) is 11.8 Å². The van der Waals surface area contributed by atoms with Crippen LogP contribution in [-0.4, -0.2) is 77.5 Å². The second-order valence-corrected chi connectivity index (χ2v) is 10.00. The van der Waals surface area contributed by atoms with Crippen LogP contribution in [0.2, 0.25) is 0 Å². The van der Waals surface area contributed by atoms with Gasteiger partial charge < -0.3 is 15.1 Å². The van der Waals surface area contributed by atoms with Gasteiger partial charge in [0.15, 0.2) is 17.1 Å². The second-order valence-electron chi connectivity index (χ2n) is 8.62. The first-order chi connectivity index (χ1) is 17.5. The van der Waals surface area contributed by atoms with E-state index in [0.29, 0.717) is 53.1 Å². The number of nitrogens with zero attached hydrogens (tertiary/aromatic N) is 8. The van der Waals surface area contributed by atoms with Gasteiger partial charge in [0.2, 0.25) is 11.8 Å². The highest BCUT2D eigenvalue weighted by Gasteiger charge is 2.21. The smallest absolute Gasteiger partial charge is 0.225 e. The molecule has 5 aromatic rings. The number of aromatic nitrogens is 6. The minimum absolute atomic E-state index is 0.220. The van der Waals surface area contributed by atoms with Gasteiger partial charge >= 0.3 is 0 Å². The van der Waals surface area contributed by atoms with E-state index in [2.05, 4.69) is 25.1 Å². The van der Waals surface area contributed by atoms with Crippen LogP contribution in [0.5, 0.6) is 0 Å². The third kappa shape index (κ3) is 3.99. The Labute approximate surface area is 207 Å². The highest BCUT2D eigenvalue weighted by atomic mass is 32.2. The molecule has 1 saturated heterocycles. The van der Waals surface area contributed by atoms with Crippen molar-refractivity contribution in [1.29, 1.82) is 0 Å². The fourth-order valence-electron chi connectivity index (χ4n) is 4.50. The Morgan fingerprint density at radius 2 is 1.94 bits per heavy atom. The van der Waals surface area contributed by atoms with Crippen molar-refractivity contribution in [2.75, 3.05) is 49.6 Å². The number of furan rings is 1. The Morgan fingerprint density at radius 1 is 1.11 bits per heavy atom. The second kappa shape index (κ2) is 8.99. The van der Waals surface area contributed by atoms with Crippen molar-refractivity contribution in [1.82, 2.24) is 34.3 Å². The topological polar surface area (TPSA) is 124 Å². The lowest BCUT2D eigenvalue weighted by atomic mass is 10.2. The van der Waals surface area contributed by atoms with Gasteiger partial charge in [0, 0.05) is 54.7 Å². The lowest BCUT2D eigenvalue weighted by Crippen LogP contribution is -2.47. The molecule has 4 aromatic heterocycles. The molecule has 0 spiro atoms. The maximum Gasteiger partial charge on any atom is 0.225 e. The molecular weight excluding hydrogens is 485 g/mol. The first-order valence-corrected chi connectivity index (χ1v) is 13.1. The molecule has 6 rings (SSSR count). The van der Waals surface area contributed by atoms with Gasteiger partial charge in [-0.15, -0.1) is 5.10 Å². The maximum absolute atomic E-state index is 14.6. The van der Waals surface area contributed by atoms with Crippen LogP contribution in [0.1, 0.15) is 0 Å². The SMILES string of the molecule is C[S@@](=O)c1ccc(N2CCN(CCn3ncc4c3nc(N)n3nc(-c5ccco5)nc43)CC2)c(F)c1. The zero-order valence-corrected chi connectivity index (χ0v) is 20.4. The van der Waals surface area contributed by atoms with Crippen molar-refractivity contribution in [3.8, 4) is 11.6 Å². The number of piperazine rings is 1. The third-order valence-corrected chi connectivity index (χ3v) is 7.35. The van der Waals surface area contributed by atoms with Crippen LogP contribution in [0.4, 0.5) is 16.0 Å². The normalized spacial score (nSPS) is 15.8. The van der Waals surface area contributed by atoms with Crippen molar-refractivity contribution >= 4 is 39.1 Å². The summed E-state index contributed by atoms with van der Waals surface area (Å²) in [5.74, 6) is 0.866. The molecule has 5 heterocycles. The van der Waals surface area contributed by atoms with E-state index in [1.54, 1.807) is 43.0 Å². The summed E-state index contributed by atoms with van der Waals surface area (Å²) < 4.78 is 34.9. The van der Waals surface area contributed by atoms with Gasteiger partial charge in [-0.2, -0.15) is 14.6 Å². The first-order valence-electron chi connectivity index (χ1n) is 11.5. The summed E-state index contributed by atoms with van der Waals surface area (Å²) in [5, 5.41) is 9.70. The number of benzene rings is 1. The number of rotatable bonds is 6. The van der Waals surface area contributed by atoms with E-state index in [0.717, 1.165) is 25.0 Å². The van der Waals surface area contributed by atoms with E-state index < -0.39 is 10.8 Å². The van der Waals surface area contributed by atoms with Crippen LogP contribution in [0.3, 0.4) is 0 Å². The van der Waals surface area contributed by atoms with E-state index in [1.807, 2.05) is 9.58 Å². The number of nitrogens with two attached hydrogens (primary N) is 1. The number of hydrogen-bond donors (Lipinski definition) is 1. The van der Waals surface area contributed by atoms with Gasteiger partial charge in [0.25, 0.3) is 0 Å². The van der Waals surface area contributed by atoms with E-state index in [1.165, 1.54) is 10.6 Å². The highest BCUT2D eigenvalue weighted by molar-refractivity contribution is 7.84. The molecule has 1 aliphatic rings. The fourth-order valence-corrected chi connectivity index (χ4v) is 5.03. The molecule has 11 nitrogen and oxygen atoms in total. The maximum atomic E-state index is 14.6. The number of anilines is 2. The molecule has 1 fully saturated rings. The molecule has 186 valence electrons. The van der Waals surface area contributed by atoms with Crippen LogP contribution in [-0.2, 0) is 17.3 Å². The van der Waals surface area contributed by atoms with Gasteiger partial charge in [0.05, 0.1) is 30.1 Å². The quantitative estimate of drug-likeness (QED) is 0.366. The average molecular weight is 510 g/mol. The predicted octanol–water partition coefficient (Wildman–Crippen LogP) is 2.01. The Kier molecular flexibility index (Phi) is 5.64. The molecule has 0 amide bonds. The summed E-state index contributed by atoms with van der Waals surface area (Å²) >= 11 is 0. The summed E-state index contributed by atoms with van der Waals surface area (Å²) in [6.45, 7) is 4.36. The zero-order chi connectivity index (χ0) is 24.8. The summed E-state index contributed by atoms with van der Waals surface area (Å²) in [4.78, 5) is 13.9. The Hall–Kier alpha value is -3.84. The molecule has 0 radical (unpaired) electrons. The van der Waals surface area contributed by atoms with Crippen molar-refractivity contribution in [3.05, 3.63) is 48.6 Å². The molecule has 1 aliphatic heterocycles. The summed E-state index contributed by atoms with van der Waals surface area (Å²) in [7, 11) is -1.20. The largest absolute Gasteiger partial charge is 0.461 e. The zero-order valence-electron chi connectivity index (χ0n) is 19.5. The molecule has 1 aromatic carbocycles. The van der Waals surface area contributed by atoms with E-state index >= 15 is 0 Å². The summed E-state index contributed by atoms with van der Waals surface area (Å²) in [5.41, 5.74) is 7.95. The average Bonchev–Trinajstić information content (AvgIpc) is 3.63. The first kappa shape index (κ1) is 22.6. The van der Waals surface area contributed by atoms with Gasteiger partial charge in [-0.1, -0.05) is 0 Å². The van der Waals surface area contributed by atoms with E-state index in [4.69, 9.17) is 10.2 Å². The summed E-state index contributed by atoms with van der Waals surface area (Å²) in [6, 6.07) is 8.37. The van der Waals surface area contributed by atoms with Crippen molar-refractivity contribution in [2.24, 2.45) is 0 Å². The van der Waals surface area contributed by atoms with Gasteiger partial charge in [-0.25, -0.2) is 14.1 Å². The molecule has 13 heteroatoms. The predicted molar refractivity (Wildman–Crippen MR) is 134 cm³/mol. The Bertz CT molecular complexity index is 1570. The van der Waals surface area contributed by atoms with Crippen molar-refractivity contribution < 1.29 is 13.0 Å². The molecule has 0 unspecified atom stereocenters. The van der Waals surface area contributed by atoms with Crippen LogP contribution in [0.25, 0.3) is 28.3 Å². The van der Waals surface area contributed by atoms with Gasteiger partial charge in [-0.3, -0.25) is 9.11 Å².